The Morgan fingerprint density at radius 3 is 2.82 bits per heavy atom. The van der Waals surface area contributed by atoms with Crippen molar-refractivity contribution in [3.05, 3.63) is 29.8 Å². The highest BCUT2D eigenvalue weighted by atomic mass is 19.1. The van der Waals surface area contributed by atoms with Crippen LogP contribution in [0.5, 0.6) is 5.75 Å². The van der Waals surface area contributed by atoms with E-state index in [9.17, 15) is 13.6 Å². The lowest BCUT2D eigenvalue weighted by Crippen LogP contribution is -2.47. The summed E-state index contributed by atoms with van der Waals surface area (Å²) >= 11 is 0. The molecule has 122 valence electrons. The van der Waals surface area contributed by atoms with Crippen LogP contribution in [-0.4, -0.2) is 38.3 Å². The number of hydrogen-bond donors (Lipinski definition) is 2. The van der Waals surface area contributed by atoms with E-state index in [2.05, 4.69) is 5.32 Å². The number of amides is 1. The lowest BCUT2D eigenvalue weighted by Gasteiger charge is -2.26. The zero-order valence-electron chi connectivity index (χ0n) is 12.2. The maximum Gasteiger partial charge on any atom is 0.237 e. The summed E-state index contributed by atoms with van der Waals surface area (Å²) in [5.74, 6) is -1.63. The van der Waals surface area contributed by atoms with E-state index in [0.717, 1.165) is 25.0 Å². The van der Waals surface area contributed by atoms with Crippen LogP contribution in [0.25, 0.3) is 0 Å². The third-order valence-electron chi connectivity index (χ3n) is 3.63. The highest BCUT2D eigenvalue weighted by Gasteiger charge is 2.26. The number of halogens is 2. The van der Waals surface area contributed by atoms with Gasteiger partial charge in [-0.3, -0.25) is 4.79 Å². The Kier molecular flexibility index (Phi) is 6.09. The molecule has 7 heteroatoms. The molecule has 0 aliphatic carbocycles. The third kappa shape index (κ3) is 4.64. The quantitative estimate of drug-likeness (QED) is 0.774. The molecule has 2 rings (SSSR count). The van der Waals surface area contributed by atoms with E-state index in [-0.39, 0.29) is 30.7 Å². The van der Waals surface area contributed by atoms with Gasteiger partial charge >= 0.3 is 0 Å². The fourth-order valence-electron chi connectivity index (χ4n) is 2.33. The summed E-state index contributed by atoms with van der Waals surface area (Å²) in [5.41, 5.74) is 5.92. The molecule has 0 spiro atoms. The van der Waals surface area contributed by atoms with Crippen LogP contribution in [0.4, 0.5) is 8.78 Å². The van der Waals surface area contributed by atoms with Gasteiger partial charge in [0.05, 0.1) is 12.6 Å². The van der Waals surface area contributed by atoms with Gasteiger partial charge < -0.3 is 20.5 Å². The Labute approximate surface area is 127 Å². The molecule has 1 heterocycles. The Bertz CT molecular complexity index is 508. The number of nitrogens with one attached hydrogen (secondary N) is 1. The van der Waals surface area contributed by atoms with E-state index in [1.807, 2.05) is 0 Å². The molecular formula is C15H20F2N2O3. The van der Waals surface area contributed by atoms with Crippen LogP contribution in [0, 0.1) is 17.6 Å². The average Bonchev–Trinajstić information content (AvgIpc) is 2.53. The van der Waals surface area contributed by atoms with Crippen LogP contribution < -0.4 is 15.8 Å². The second kappa shape index (κ2) is 8.05. The maximum absolute atomic E-state index is 13.3. The molecule has 1 aromatic rings. The van der Waals surface area contributed by atoms with Gasteiger partial charge in [-0.2, -0.15) is 0 Å². The number of ether oxygens (including phenoxy) is 2. The van der Waals surface area contributed by atoms with E-state index < -0.39 is 17.7 Å². The Balaban J connectivity index is 1.70. The standard InChI is InChI=1S/C15H20F2N2O3/c16-11-1-2-13(12(17)9-11)22-8-5-19-15(20)14(18)10-3-6-21-7-4-10/h1-2,9-10,14H,3-8,18H2,(H,19,20). The largest absolute Gasteiger partial charge is 0.489 e. The average molecular weight is 314 g/mol. The van der Waals surface area contributed by atoms with Gasteiger partial charge in [0.25, 0.3) is 0 Å². The van der Waals surface area contributed by atoms with Crippen LogP contribution in [-0.2, 0) is 9.53 Å². The van der Waals surface area contributed by atoms with Crippen molar-refractivity contribution in [3.8, 4) is 5.75 Å². The molecule has 1 saturated heterocycles. The van der Waals surface area contributed by atoms with Crippen molar-refractivity contribution in [3.63, 3.8) is 0 Å². The van der Waals surface area contributed by atoms with E-state index in [0.29, 0.717) is 13.2 Å². The predicted octanol–water partition coefficient (Wildman–Crippen LogP) is 1.21. The van der Waals surface area contributed by atoms with Crippen molar-refractivity contribution in [1.82, 2.24) is 5.32 Å². The van der Waals surface area contributed by atoms with Crippen molar-refractivity contribution in [1.29, 1.82) is 0 Å². The van der Waals surface area contributed by atoms with E-state index in [1.54, 1.807) is 0 Å². The van der Waals surface area contributed by atoms with Gasteiger partial charge in [-0.15, -0.1) is 0 Å². The van der Waals surface area contributed by atoms with E-state index in [4.69, 9.17) is 15.2 Å². The molecule has 5 nitrogen and oxygen atoms in total. The first-order valence-electron chi connectivity index (χ1n) is 7.27. The summed E-state index contributed by atoms with van der Waals surface area (Å²) in [7, 11) is 0. The van der Waals surface area contributed by atoms with Gasteiger partial charge in [-0.1, -0.05) is 0 Å². The zero-order valence-corrected chi connectivity index (χ0v) is 12.2. The number of hydrogen-bond acceptors (Lipinski definition) is 4. The molecular weight excluding hydrogens is 294 g/mol. The minimum Gasteiger partial charge on any atom is -0.489 e. The molecule has 0 bridgehead atoms. The fraction of sp³-hybridized carbons (Fsp3) is 0.533. The van der Waals surface area contributed by atoms with Gasteiger partial charge in [0.2, 0.25) is 5.91 Å². The molecule has 0 saturated carbocycles. The van der Waals surface area contributed by atoms with Crippen molar-refractivity contribution in [2.45, 2.75) is 18.9 Å². The summed E-state index contributed by atoms with van der Waals surface area (Å²) in [6.45, 7) is 1.53. The van der Waals surface area contributed by atoms with Crippen LogP contribution in [0.3, 0.4) is 0 Å². The van der Waals surface area contributed by atoms with E-state index >= 15 is 0 Å². The van der Waals surface area contributed by atoms with Crippen LogP contribution >= 0.6 is 0 Å². The summed E-state index contributed by atoms with van der Waals surface area (Å²) in [6.07, 6.45) is 1.54. The Morgan fingerprint density at radius 2 is 2.14 bits per heavy atom. The maximum atomic E-state index is 13.3. The first-order valence-corrected chi connectivity index (χ1v) is 7.27. The number of rotatable bonds is 6. The SMILES string of the molecule is NC(C(=O)NCCOc1ccc(F)cc1F)C1CCOCC1. The van der Waals surface area contributed by atoms with E-state index in [1.165, 1.54) is 6.07 Å². The fourth-order valence-corrected chi connectivity index (χ4v) is 2.33. The Hall–Kier alpha value is -1.73. The van der Waals surface area contributed by atoms with Crippen molar-refractivity contribution < 1.29 is 23.0 Å². The second-order valence-electron chi connectivity index (χ2n) is 5.19. The molecule has 1 aromatic carbocycles. The molecule has 1 unspecified atom stereocenters. The van der Waals surface area contributed by atoms with Crippen molar-refractivity contribution in [2.75, 3.05) is 26.4 Å². The molecule has 1 amide bonds. The third-order valence-corrected chi connectivity index (χ3v) is 3.63. The molecule has 1 aliphatic heterocycles. The number of carbonyl (C=O) groups is 1. The molecule has 3 N–H and O–H groups in total. The highest BCUT2D eigenvalue weighted by molar-refractivity contribution is 5.81. The Morgan fingerprint density at radius 1 is 1.41 bits per heavy atom. The molecule has 1 fully saturated rings. The minimum absolute atomic E-state index is 0.0515. The predicted molar refractivity (Wildman–Crippen MR) is 76.4 cm³/mol. The monoisotopic (exact) mass is 314 g/mol. The minimum atomic E-state index is -0.773. The molecule has 0 radical (unpaired) electrons. The van der Waals surface area contributed by atoms with Gasteiger partial charge in [-0.05, 0) is 30.9 Å². The lowest BCUT2D eigenvalue weighted by molar-refractivity contribution is -0.124. The number of carbonyl (C=O) groups excluding carboxylic acids is 1. The smallest absolute Gasteiger partial charge is 0.237 e. The summed E-state index contributed by atoms with van der Waals surface area (Å²) < 4.78 is 36.4. The van der Waals surface area contributed by atoms with Crippen molar-refractivity contribution in [2.24, 2.45) is 11.7 Å². The number of benzene rings is 1. The molecule has 1 aliphatic rings. The number of nitrogens with two attached hydrogens (primary N) is 1. The summed E-state index contributed by atoms with van der Waals surface area (Å²) in [6, 6.07) is 2.49. The van der Waals surface area contributed by atoms with Gasteiger partial charge in [0.15, 0.2) is 11.6 Å². The van der Waals surface area contributed by atoms with Gasteiger partial charge in [0, 0.05) is 19.3 Å². The molecule has 0 aromatic heterocycles. The molecule has 1 atom stereocenters. The topological polar surface area (TPSA) is 73.6 Å². The zero-order chi connectivity index (χ0) is 15.9. The van der Waals surface area contributed by atoms with Crippen LogP contribution in [0.1, 0.15) is 12.8 Å². The van der Waals surface area contributed by atoms with Crippen molar-refractivity contribution >= 4 is 5.91 Å². The summed E-state index contributed by atoms with van der Waals surface area (Å²) in [5, 5.41) is 2.65. The first-order chi connectivity index (χ1) is 10.6. The second-order valence-corrected chi connectivity index (χ2v) is 5.19. The van der Waals surface area contributed by atoms with Crippen LogP contribution in [0.2, 0.25) is 0 Å². The van der Waals surface area contributed by atoms with Crippen LogP contribution in [0.15, 0.2) is 18.2 Å². The first kappa shape index (κ1) is 16.6. The molecule has 22 heavy (non-hydrogen) atoms. The normalized spacial score (nSPS) is 17.0. The lowest BCUT2D eigenvalue weighted by atomic mass is 9.92. The summed E-state index contributed by atoms with van der Waals surface area (Å²) in [4.78, 5) is 11.9. The highest BCUT2D eigenvalue weighted by Crippen LogP contribution is 2.18. The van der Waals surface area contributed by atoms with Gasteiger partial charge in [0.1, 0.15) is 12.4 Å². The van der Waals surface area contributed by atoms with Gasteiger partial charge in [-0.25, -0.2) is 8.78 Å².